The summed E-state index contributed by atoms with van der Waals surface area (Å²) in [7, 11) is 2.02. The fraction of sp³-hybridized carbons (Fsp3) is 0.667. The van der Waals surface area contributed by atoms with E-state index in [1.54, 1.807) is 12.1 Å². The molecule has 2 nitrogen and oxygen atoms in total. The molecular formula is C18H29FN2. The Kier molecular flexibility index (Phi) is 5.77. The molecule has 1 aliphatic heterocycles. The summed E-state index contributed by atoms with van der Waals surface area (Å²) in [6.45, 7) is 6.99. The first-order valence-corrected chi connectivity index (χ1v) is 8.21. The van der Waals surface area contributed by atoms with Gasteiger partial charge in [-0.15, -0.1) is 0 Å². The maximum Gasteiger partial charge on any atom is 0.123 e. The van der Waals surface area contributed by atoms with Crippen LogP contribution in [0.2, 0.25) is 0 Å². The van der Waals surface area contributed by atoms with Gasteiger partial charge in [0.2, 0.25) is 0 Å². The molecule has 0 aromatic heterocycles. The van der Waals surface area contributed by atoms with Gasteiger partial charge < -0.3 is 5.32 Å². The lowest BCUT2D eigenvalue weighted by atomic mass is 9.87. The Morgan fingerprint density at radius 2 is 1.86 bits per heavy atom. The Labute approximate surface area is 128 Å². The van der Waals surface area contributed by atoms with Crippen molar-refractivity contribution in [3.05, 3.63) is 35.6 Å². The molecule has 1 unspecified atom stereocenters. The first-order valence-electron chi connectivity index (χ1n) is 8.21. The Bertz CT molecular complexity index is 437. The van der Waals surface area contributed by atoms with E-state index in [0.717, 1.165) is 12.0 Å². The quantitative estimate of drug-likeness (QED) is 0.892. The van der Waals surface area contributed by atoms with Crippen molar-refractivity contribution in [2.75, 3.05) is 20.1 Å². The summed E-state index contributed by atoms with van der Waals surface area (Å²) in [4.78, 5) is 2.61. The van der Waals surface area contributed by atoms with Gasteiger partial charge in [0.25, 0.3) is 0 Å². The van der Waals surface area contributed by atoms with E-state index in [0.29, 0.717) is 6.04 Å². The normalized spacial score (nSPS) is 19.2. The fourth-order valence-corrected chi connectivity index (χ4v) is 3.47. The van der Waals surface area contributed by atoms with Crippen molar-refractivity contribution < 1.29 is 4.39 Å². The Balaban J connectivity index is 2.10. The van der Waals surface area contributed by atoms with Crippen molar-refractivity contribution in [1.29, 1.82) is 0 Å². The summed E-state index contributed by atoms with van der Waals surface area (Å²) in [5.41, 5.74) is 1.14. The van der Waals surface area contributed by atoms with E-state index in [1.165, 1.54) is 44.8 Å². The van der Waals surface area contributed by atoms with Gasteiger partial charge in [-0.25, -0.2) is 4.39 Å². The number of hydrogen-bond donors (Lipinski definition) is 1. The number of rotatable bonds is 5. The Hall–Kier alpha value is -0.930. The second kappa shape index (κ2) is 7.37. The monoisotopic (exact) mass is 292 g/mol. The van der Waals surface area contributed by atoms with Crippen molar-refractivity contribution in [3.8, 4) is 0 Å². The molecule has 1 N–H and O–H groups in total. The predicted molar refractivity (Wildman–Crippen MR) is 87.1 cm³/mol. The summed E-state index contributed by atoms with van der Waals surface area (Å²) in [6, 6.07) is 7.31. The van der Waals surface area contributed by atoms with Crippen LogP contribution in [0.5, 0.6) is 0 Å². The van der Waals surface area contributed by atoms with E-state index in [4.69, 9.17) is 0 Å². The minimum atomic E-state index is -0.144. The molecule has 21 heavy (non-hydrogen) atoms. The van der Waals surface area contributed by atoms with Crippen LogP contribution in [-0.2, 0) is 6.42 Å². The van der Waals surface area contributed by atoms with Gasteiger partial charge in [-0.3, -0.25) is 4.90 Å². The second-order valence-corrected chi connectivity index (χ2v) is 6.73. The van der Waals surface area contributed by atoms with Crippen molar-refractivity contribution in [1.82, 2.24) is 10.2 Å². The second-order valence-electron chi connectivity index (χ2n) is 6.73. The number of likely N-dealkylation sites (N-methyl/N-ethyl adjacent to an activating group) is 1. The van der Waals surface area contributed by atoms with Crippen molar-refractivity contribution in [2.45, 2.75) is 57.5 Å². The van der Waals surface area contributed by atoms with Gasteiger partial charge in [0.15, 0.2) is 0 Å². The first kappa shape index (κ1) is 16.4. The molecule has 1 atom stereocenters. The number of nitrogens with zero attached hydrogens (tertiary/aromatic N) is 1. The summed E-state index contributed by atoms with van der Waals surface area (Å²) >= 11 is 0. The van der Waals surface area contributed by atoms with Crippen LogP contribution in [0.1, 0.15) is 45.1 Å². The highest BCUT2D eigenvalue weighted by molar-refractivity contribution is 5.18. The van der Waals surface area contributed by atoms with Gasteiger partial charge in [0.05, 0.1) is 0 Å². The van der Waals surface area contributed by atoms with E-state index in [1.807, 2.05) is 13.1 Å². The molecule has 1 heterocycles. The van der Waals surface area contributed by atoms with Crippen molar-refractivity contribution >= 4 is 0 Å². The van der Waals surface area contributed by atoms with Crippen LogP contribution in [0, 0.1) is 5.82 Å². The highest BCUT2D eigenvalue weighted by Crippen LogP contribution is 2.25. The third-order valence-electron chi connectivity index (χ3n) is 4.95. The van der Waals surface area contributed by atoms with E-state index in [9.17, 15) is 4.39 Å². The third-order valence-corrected chi connectivity index (χ3v) is 4.95. The van der Waals surface area contributed by atoms with E-state index < -0.39 is 0 Å². The standard InChI is InChI=1S/C18H29FN2/c1-18(2,21-11-6-4-5-7-12-21)17(20-3)14-15-9-8-10-16(19)13-15/h8-10,13,17,20H,4-7,11-12,14H2,1-3H3. The molecule has 118 valence electrons. The summed E-state index contributed by atoms with van der Waals surface area (Å²) in [6.07, 6.45) is 6.14. The average molecular weight is 292 g/mol. The van der Waals surface area contributed by atoms with Gasteiger partial charge in [0, 0.05) is 11.6 Å². The summed E-state index contributed by atoms with van der Waals surface area (Å²) in [5.74, 6) is -0.144. The van der Waals surface area contributed by atoms with Gasteiger partial charge in [-0.2, -0.15) is 0 Å². The molecule has 0 bridgehead atoms. The van der Waals surface area contributed by atoms with Crippen LogP contribution < -0.4 is 5.32 Å². The maximum atomic E-state index is 13.4. The molecule has 0 radical (unpaired) electrons. The number of likely N-dealkylation sites (tertiary alicyclic amines) is 1. The smallest absolute Gasteiger partial charge is 0.123 e. The average Bonchev–Trinajstić information content (AvgIpc) is 2.74. The van der Waals surface area contributed by atoms with Crippen LogP contribution in [0.4, 0.5) is 4.39 Å². The molecule has 1 aromatic carbocycles. The Morgan fingerprint density at radius 1 is 1.19 bits per heavy atom. The molecule has 1 saturated heterocycles. The largest absolute Gasteiger partial charge is 0.315 e. The summed E-state index contributed by atoms with van der Waals surface area (Å²) in [5, 5.41) is 3.46. The SMILES string of the molecule is CNC(Cc1cccc(F)c1)C(C)(C)N1CCCCCC1. The van der Waals surface area contributed by atoms with Crippen LogP contribution in [-0.4, -0.2) is 36.6 Å². The zero-order chi connectivity index (χ0) is 15.3. The molecule has 0 spiro atoms. The third kappa shape index (κ3) is 4.27. The zero-order valence-corrected chi connectivity index (χ0v) is 13.7. The minimum Gasteiger partial charge on any atom is -0.315 e. The van der Waals surface area contributed by atoms with Crippen LogP contribution in [0.15, 0.2) is 24.3 Å². The number of nitrogens with one attached hydrogen (secondary N) is 1. The molecule has 1 fully saturated rings. The number of halogens is 1. The van der Waals surface area contributed by atoms with Gasteiger partial charge >= 0.3 is 0 Å². The van der Waals surface area contributed by atoms with Crippen molar-refractivity contribution in [2.24, 2.45) is 0 Å². The minimum absolute atomic E-state index is 0.0748. The zero-order valence-electron chi connectivity index (χ0n) is 13.7. The van der Waals surface area contributed by atoms with E-state index in [2.05, 4.69) is 24.1 Å². The number of hydrogen-bond acceptors (Lipinski definition) is 2. The summed E-state index contributed by atoms with van der Waals surface area (Å²) < 4.78 is 13.4. The number of benzene rings is 1. The van der Waals surface area contributed by atoms with Crippen LogP contribution in [0.3, 0.4) is 0 Å². The molecule has 1 aliphatic rings. The molecule has 0 saturated carbocycles. The van der Waals surface area contributed by atoms with E-state index >= 15 is 0 Å². The molecule has 3 heteroatoms. The van der Waals surface area contributed by atoms with Gasteiger partial charge in [-0.05, 0) is 70.9 Å². The van der Waals surface area contributed by atoms with Crippen LogP contribution >= 0.6 is 0 Å². The lowest BCUT2D eigenvalue weighted by Crippen LogP contribution is -2.58. The van der Waals surface area contributed by atoms with Gasteiger partial charge in [-0.1, -0.05) is 25.0 Å². The predicted octanol–water partition coefficient (Wildman–Crippen LogP) is 3.61. The molecule has 0 amide bonds. The first-order chi connectivity index (χ1) is 10.0. The van der Waals surface area contributed by atoms with Crippen LogP contribution in [0.25, 0.3) is 0 Å². The lowest BCUT2D eigenvalue weighted by molar-refractivity contribution is 0.0864. The molecular weight excluding hydrogens is 263 g/mol. The Morgan fingerprint density at radius 3 is 2.43 bits per heavy atom. The molecule has 1 aromatic rings. The van der Waals surface area contributed by atoms with Crippen molar-refractivity contribution in [3.63, 3.8) is 0 Å². The van der Waals surface area contributed by atoms with Gasteiger partial charge in [0.1, 0.15) is 5.82 Å². The molecule has 2 rings (SSSR count). The highest BCUT2D eigenvalue weighted by atomic mass is 19.1. The highest BCUT2D eigenvalue weighted by Gasteiger charge is 2.34. The fourth-order valence-electron chi connectivity index (χ4n) is 3.47. The topological polar surface area (TPSA) is 15.3 Å². The molecule has 0 aliphatic carbocycles. The lowest BCUT2D eigenvalue weighted by Gasteiger charge is -2.44. The maximum absolute atomic E-state index is 13.4. The van der Waals surface area contributed by atoms with E-state index in [-0.39, 0.29) is 11.4 Å².